The first-order valence-electron chi connectivity index (χ1n) is 9.22. The van der Waals surface area contributed by atoms with Gasteiger partial charge in [0.2, 0.25) is 0 Å². The maximum atomic E-state index is 12.6. The van der Waals surface area contributed by atoms with E-state index in [0.717, 1.165) is 44.4 Å². The Morgan fingerprint density at radius 3 is 2.63 bits per heavy atom. The molecule has 142 valence electrons. The van der Waals surface area contributed by atoms with E-state index >= 15 is 0 Å². The monoisotopic (exact) mass is 386 g/mol. The van der Waals surface area contributed by atoms with Crippen LogP contribution in [0.2, 0.25) is 0 Å². The van der Waals surface area contributed by atoms with Gasteiger partial charge in [-0.3, -0.25) is 19.4 Å². The number of thiazole rings is 1. The molecular weight excluding hydrogens is 364 g/mol. The molecule has 1 atom stereocenters. The average molecular weight is 386 g/mol. The second-order valence-corrected chi connectivity index (χ2v) is 8.52. The lowest BCUT2D eigenvalue weighted by Crippen LogP contribution is -2.42. The second-order valence-electron chi connectivity index (χ2n) is 7.46. The molecule has 7 nitrogen and oxygen atoms in total. The molecule has 0 spiro atoms. The SMILES string of the molecule is CC(C)CN1C(=O)C(=O)N(CN2CCC[C@H]2c2nc3ccccc3s2)C1=O. The maximum absolute atomic E-state index is 12.6. The van der Waals surface area contributed by atoms with E-state index in [1.165, 1.54) is 0 Å². The fraction of sp³-hybridized carbons (Fsp3) is 0.474. The molecule has 2 fully saturated rings. The van der Waals surface area contributed by atoms with Gasteiger partial charge < -0.3 is 0 Å². The molecule has 1 aromatic heterocycles. The van der Waals surface area contributed by atoms with Crippen LogP contribution in [0.1, 0.15) is 37.7 Å². The van der Waals surface area contributed by atoms with Crippen molar-refractivity contribution in [3.8, 4) is 0 Å². The van der Waals surface area contributed by atoms with Crippen molar-refractivity contribution in [2.24, 2.45) is 5.92 Å². The number of imide groups is 2. The first-order chi connectivity index (χ1) is 13.0. The van der Waals surface area contributed by atoms with E-state index in [1.54, 1.807) is 11.3 Å². The number of hydrogen-bond acceptors (Lipinski definition) is 6. The van der Waals surface area contributed by atoms with Crippen LogP contribution in [0.5, 0.6) is 0 Å². The van der Waals surface area contributed by atoms with Crippen molar-refractivity contribution in [3.05, 3.63) is 29.3 Å². The zero-order valence-electron chi connectivity index (χ0n) is 15.4. The van der Waals surface area contributed by atoms with E-state index < -0.39 is 17.8 Å². The summed E-state index contributed by atoms with van der Waals surface area (Å²) in [4.78, 5) is 46.1. The highest BCUT2D eigenvalue weighted by Gasteiger charge is 2.46. The third-order valence-corrected chi connectivity index (χ3v) is 6.10. The summed E-state index contributed by atoms with van der Waals surface area (Å²) in [5, 5.41) is 0.998. The molecule has 0 saturated carbocycles. The van der Waals surface area contributed by atoms with Crippen molar-refractivity contribution < 1.29 is 14.4 Å². The van der Waals surface area contributed by atoms with Gasteiger partial charge in [0.25, 0.3) is 0 Å². The Morgan fingerprint density at radius 2 is 1.89 bits per heavy atom. The van der Waals surface area contributed by atoms with Gasteiger partial charge in [-0.2, -0.15) is 0 Å². The molecule has 0 bridgehead atoms. The van der Waals surface area contributed by atoms with Crippen LogP contribution in [0.25, 0.3) is 10.2 Å². The standard InChI is InChI=1S/C19H22N4O3S/c1-12(2)10-22-17(24)18(25)23(19(22)26)11-21-9-5-7-14(21)16-20-13-6-3-4-8-15(13)27-16/h3-4,6,8,12,14H,5,7,9-11H2,1-2H3/t14-/m0/s1. The fourth-order valence-electron chi connectivity index (χ4n) is 3.69. The molecule has 2 saturated heterocycles. The number of rotatable bonds is 5. The van der Waals surface area contributed by atoms with Gasteiger partial charge in [0.15, 0.2) is 0 Å². The van der Waals surface area contributed by atoms with Crippen molar-refractivity contribution in [2.75, 3.05) is 19.8 Å². The topological polar surface area (TPSA) is 73.8 Å². The maximum Gasteiger partial charge on any atom is 0.335 e. The third kappa shape index (κ3) is 3.23. The Labute approximate surface area is 161 Å². The molecule has 27 heavy (non-hydrogen) atoms. The normalized spacial score (nSPS) is 21.4. The van der Waals surface area contributed by atoms with Crippen LogP contribution < -0.4 is 0 Å². The largest absolute Gasteiger partial charge is 0.335 e. The molecule has 3 heterocycles. The van der Waals surface area contributed by atoms with Gasteiger partial charge in [0, 0.05) is 13.1 Å². The predicted octanol–water partition coefficient (Wildman–Crippen LogP) is 2.84. The molecule has 4 rings (SSSR count). The molecule has 4 amide bonds. The van der Waals surface area contributed by atoms with Crippen LogP contribution in [0, 0.1) is 5.92 Å². The van der Waals surface area contributed by atoms with Crippen molar-refractivity contribution >= 4 is 39.4 Å². The molecule has 0 aliphatic carbocycles. The molecule has 2 aliphatic rings. The van der Waals surface area contributed by atoms with E-state index in [4.69, 9.17) is 4.98 Å². The van der Waals surface area contributed by atoms with Gasteiger partial charge in [0.05, 0.1) is 22.9 Å². The average Bonchev–Trinajstić information content (AvgIpc) is 3.31. The van der Waals surface area contributed by atoms with E-state index in [1.807, 2.05) is 38.1 Å². The number of urea groups is 1. The minimum absolute atomic E-state index is 0.0669. The zero-order chi connectivity index (χ0) is 19.1. The summed E-state index contributed by atoms with van der Waals surface area (Å²) in [5.41, 5.74) is 0.968. The van der Waals surface area contributed by atoms with E-state index in [-0.39, 0.29) is 25.2 Å². The van der Waals surface area contributed by atoms with Crippen LogP contribution >= 0.6 is 11.3 Å². The summed E-state index contributed by atoms with van der Waals surface area (Å²) in [6.07, 6.45) is 1.90. The Kier molecular flexibility index (Phi) is 4.69. The van der Waals surface area contributed by atoms with Gasteiger partial charge in [-0.1, -0.05) is 26.0 Å². The lowest BCUT2D eigenvalue weighted by molar-refractivity contribution is -0.144. The minimum Gasteiger partial charge on any atom is -0.276 e. The number of likely N-dealkylation sites (tertiary alicyclic amines) is 1. The number of aromatic nitrogens is 1. The Hall–Kier alpha value is -2.32. The van der Waals surface area contributed by atoms with Crippen molar-refractivity contribution in [2.45, 2.75) is 32.7 Å². The Balaban J connectivity index is 1.53. The first kappa shape index (κ1) is 18.1. The summed E-state index contributed by atoms with van der Waals surface area (Å²) in [5.74, 6) is -1.33. The Morgan fingerprint density at radius 1 is 1.15 bits per heavy atom. The molecule has 2 aromatic rings. The predicted molar refractivity (Wildman–Crippen MR) is 102 cm³/mol. The highest BCUT2D eigenvalue weighted by atomic mass is 32.1. The number of para-hydroxylation sites is 1. The van der Waals surface area contributed by atoms with Gasteiger partial charge in [0.1, 0.15) is 5.01 Å². The number of fused-ring (bicyclic) bond motifs is 1. The smallest absolute Gasteiger partial charge is 0.276 e. The molecule has 1 aromatic carbocycles. The van der Waals surface area contributed by atoms with Gasteiger partial charge in [-0.25, -0.2) is 14.7 Å². The summed E-state index contributed by atoms with van der Waals surface area (Å²) in [7, 11) is 0. The molecular formula is C19H22N4O3S. The number of hydrogen-bond donors (Lipinski definition) is 0. The van der Waals surface area contributed by atoms with Gasteiger partial charge in [-0.05, 0) is 30.9 Å². The third-order valence-electron chi connectivity index (χ3n) is 4.97. The quantitative estimate of drug-likeness (QED) is 0.584. The van der Waals surface area contributed by atoms with Crippen LogP contribution in [0.4, 0.5) is 4.79 Å². The highest BCUT2D eigenvalue weighted by Crippen LogP contribution is 2.36. The second kappa shape index (κ2) is 7.01. The molecule has 0 unspecified atom stereocenters. The summed E-state index contributed by atoms with van der Waals surface area (Å²) >= 11 is 1.65. The molecule has 2 aliphatic heterocycles. The fourth-order valence-corrected chi connectivity index (χ4v) is 4.83. The molecule has 0 radical (unpaired) electrons. The number of benzene rings is 1. The van der Waals surface area contributed by atoms with Crippen LogP contribution in [0.15, 0.2) is 24.3 Å². The summed E-state index contributed by atoms with van der Waals surface area (Å²) in [6, 6.07) is 7.56. The van der Waals surface area contributed by atoms with E-state index in [9.17, 15) is 14.4 Å². The summed E-state index contributed by atoms with van der Waals surface area (Å²) < 4.78 is 1.13. The lowest BCUT2D eigenvalue weighted by atomic mass is 10.2. The van der Waals surface area contributed by atoms with Gasteiger partial charge >= 0.3 is 17.8 Å². The zero-order valence-corrected chi connectivity index (χ0v) is 16.2. The minimum atomic E-state index is -0.726. The number of amides is 4. The lowest BCUT2D eigenvalue weighted by Gasteiger charge is -2.26. The summed E-state index contributed by atoms with van der Waals surface area (Å²) in [6.45, 7) is 5.00. The van der Waals surface area contributed by atoms with Crippen molar-refractivity contribution in [1.82, 2.24) is 19.7 Å². The highest BCUT2D eigenvalue weighted by molar-refractivity contribution is 7.18. The number of carbonyl (C=O) groups excluding carboxylic acids is 3. The van der Waals surface area contributed by atoms with Crippen molar-refractivity contribution in [3.63, 3.8) is 0 Å². The number of carbonyl (C=O) groups is 3. The van der Waals surface area contributed by atoms with Crippen molar-refractivity contribution in [1.29, 1.82) is 0 Å². The molecule has 0 N–H and O–H groups in total. The van der Waals surface area contributed by atoms with Crippen LogP contribution in [0.3, 0.4) is 0 Å². The van der Waals surface area contributed by atoms with Crippen LogP contribution in [-0.4, -0.2) is 57.3 Å². The Bertz CT molecular complexity index is 876. The first-order valence-corrected chi connectivity index (χ1v) is 10.0. The van der Waals surface area contributed by atoms with E-state index in [0.29, 0.717) is 0 Å². The van der Waals surface area contributed by atoms with Gasteiger partial charge in [-0.15, -0.1) is 11.3 Å². The molecule has 8 heteroatoms. The van der Waals surface area contributed by atoms with E-state index in [2.05, 4.69) is 4.90 Å². The van der Waals surface area contributed by atoms with Crippen LogP contribution in [-0.2, 0) is 9.59 Å². The number of nitrogens with zero attached hydrogens (tertiary/aromatic N) is 4.